The number of benzene rings is 1. The van der Waals surface area contributed by atoms with E-state index in [1.54, 1.807) is 6.20 Å². The van der Waals surface area contributed by atoms with Gasteiger partial charge in [-0.1, -0.05) is 42.8 Å². The maximum Gasteiger partial charge on any atom is 0.129 e. The number of rotatable bonds is 3. The van der Waals surface area contributed by atoms with E-state index in [-0.39, 0.29) is 5.41 Å². The van der Waals surface area contributed by atoms with Crippen molar-refractivity contribution in [3.05, 3.63) is 59.8 Å². The first-order valence-electron chi connectivity index (χ1n) is 6.68. The third-order valence-electron chi connectivity index (χ3n) is 4.28. The maximum atomic E-state index is 10.8. The highest BCUT2D eigenvalue weighted by Gasteiger charge is 2.46. The van der Waals surface area contributed by atoms with Crippen molar-refractivity contribution in [2.24, 2.45) is 0 Å². The molecular formula is C16H18N2O. The highest BCUT2D eigenvalue weighted by molar-refractivity contribution is 5.44. The summed E-state index contributed by atoms with van der Waals surface area (Å²) in [5.74, 6) is 0.428. The van der Waals surface area contributed by atoms with E-state index in [1.807, 2.05) is 30.3 Å². The highest BCUT2D eigenvalue weighted by atomic mass is 16.3. The Labute approximate surface area is 113 Å². The van der Waals surface area contributed by atoms with Crippen LogP contribution in [0.2, 0.25) is 0 Å². The van der Waals surface area contributed by atoms with Gasteiger partial charge < -0.3 is 10.8 Å². The summed E-state index contributed by atoms with van der Waals surface area (Å²) in [6.45, 7) is 0. The fourth-order valence-electron chi connectivity index (χ4n) is 3.01. The SMILES string of the molecule is Nc1ncccc1C(O)C1(c2ccccc2)CCC1. The molecule has 1 saturated carbocycles. The maximum absolute atomic E-state index is 10.8. The molecule has 0 radical (unpaired) electrons. The fourth-order valence-corrected chi connectivity index (χ4v) is 3.01. The lowest BCUT2D eigenvalue weighted by Crippen LogP contribution is -2.40. The van der Waals surface area contributed by atoms with E-state index in [2.05, 4.69) is 17.1 Å². The second kappa shape index (κ2) is 4.67. The molecule has 1 fully saturated rings. The van der Waals surface area contributed by atoms with Crippen molar-refractivity contribution < 1.29 is 5.11 Å². The van der Waals surface area contributed by atoms with Gasteiger partial charge in [0.15, 0.2) is 0 Å². The quantitative estimate of drug-likeness (QED) is 0.885. The lowest BCUT2D eigenvalue weighted by atomic mass is 9.60. The van der Waals surface area contributed by atoms with Gasteiger partial charge in [-0.2, -0.15) is 0 Å². The van der Waals surface area contributed by atoms with Gasteiger partial charge in [0.05, 0.1) is 6.10 Å². The molecule has 1 unspecified atom stereocenters. The predicted molar refractivity (Wildman–Crippen MR) is 75.6 cm³/mol. The summed E-state index contributed by atoms with van der Waals surface area (Å²) in [6, 6.07) is 13.9. The van der Waals surface area contributed by atoms with Crippen LogP contribution in [0.4, 0.5) is 5.82 Å². The molecule has 1 aromatic heterocycles. The summed E-state index contributed by atoms with van der Waals surface area (Å²) < 4.78 is 0. The van der Waals surface area contributed by atoms with E-state index < -0.39 is 6.10 Å². The number of hydrogen-bond acceptors (Lipinski definition) is 3. The van der Waals surface area contributed by atoms with Crippen LogP contribution in [0.5, 0.6) is 0 Å². The molecule has 0 bridgehead atoms. The Kier molecular flexibility index (Phi) is 2.99. The Morgan fingerprint density at radius 2 is 1.84 bits per heavy atom. The van der Waals surface area contributed by atoms with Gasteiger partial charge in [-0.15, -0.1) is 0 Å². The van der Waals surface area contributed by atoms with Crippen molar-refractivity contribution in [2.45, 2.75) is 30.8 Å². The van der Waals surface area contributed by atoms with E-state index >= 15 is 0 Å². The van der Waals surface area contributed by atoms with Crippen molar-refractivity contribution in [3.63, 3.8) is 0 Å². The first-order valence-corrected chi connectivity index (χ1v) is 6.68. The van der Waals surface area contributed by atoms with Gasteiger partial charge in [-0.3, -0.25) is 0 Å². The van der Waals surface area contributed by atoms with Gasteiger partial charge >= 0.3 is 0 Å². The summed E-state index contributed by atoms with van der Waals surface area (Å²) in [5, 5.41) is 10.8. The predicted octanol–water partition coefficient (Wildman–Crippen LogP) is 2.82. The molecule has 1 aliphatic rings. The Morgan fingerprint density at radius 1 is 1.11 bits per heavy atom. The van der Waals surface area contributed by atoms with E-state index in [0.29, 0.717) is 5.82 Å². The van der Waals surface area contributed by atoms with Crippen molar-refractivity contribution >= 4 is 5.82 Å². The van der Waals surface area contributed by atoms with Crippen LogP contribution in [0.3, 0.4) is 0 Å². The van der Waals surface area contributed by atoms with E-state index in [9.17, 15) is 5.11 Å². The number of pyridine rings is 1. The summed E-state index contributed by atoms with van der Waals surface area (Å²) >= 11 is 0. The molecule has 1 aromatic carbocycles. The van der Waals surface area contributed by atoms with Crippen molar-refractivity contribution in [2.75, 3.05) is 5.73 Å². The number of nitrogens with zero attached hydrogens (tertiary/aromatic N) is 1. The molecule has 1 atom stereocenters. The summed E-state index contributed by atoms with van der Waals surface area (Å²) in [7, 11) is 0. The first-order chi connectivity index (χ1) is 9.24. The third-order valence-corrected chi connectivity index (χ3v) is 4.28. The van der Waals surface area contributed by atoms with Gasteiger partial charge in [0.25, 0.3) is 0 Å². The molecule has 0 spiro atoms. The highest BCUT2D eigenvalue weighted by Crippen LogP contribution is 2.52. The molecular weight excluding hydrogens is 236 g/mol. The number of aromatic nitrogens is 1. The zero-order valence-corrected chi connectivity index (χ0v) is 10.8. The van der Waals surface area contributed by atoms with E-state index in [0.717, 1.165) is 24.8 Å². The molecule has 0 aliphatic heterocycles. The molecule has 0 amide bonds. The summed E-state index contributed by atoms with van der Waals surface area (Å²) in [5.41, 5.74) is 7.64. The van der Waals surface area contributed by atoms with Crippen LogP contribution in [-0.2, 0) is 5.41 Å². The van der Waals surface area contributed by atoms with E-state index in [1.165, 1.54) is 5.56 Å². The van der Waals surface area contributed by atoms with Crippen molar-refractivity contribution in [3.8, 4) is 0 Å². The minimum Gasteiger partial charge on any atom is -0.387 e. The molecule has 0 saturated heterocycles. The fraction of sp³-hybridized carbons (Fsp3) is 0.312. The molecule has 98 valence electrons. The summed E-state index contributed by atoms with van der Waals surface area (Å²) in [4.78, 5) is 4.08. The smallest absolute Gasteiger partial charge is 0.129 e. The van der Waals surface area contributed by atoms with Crippen LogP contribution in [0.25, 0.3) is 0 Å². The van der Waals surface area contributed by atoms with Gasteiger partial charge in [0.2, 0.25) is 0 Å². The number of aliphatic hydroxyl groups excluding tert-OH is 1. The number of anilines is 1. The number of nitrogen functional groups attached to an aromatic ring is 1. The van der Waals surface area contributed by atoms with Gasteiger partial charge in [0.1, 0.15) is 5.82 Å². The van der Waals surface area contributed by atoms with Crippen molar-refractivity contribution in [1.29, 1.82) is 0 Å². The third kappa shape index (κ3) is 1.90. The largest absolute Gasteiger partial charge is 0.387 e. The average Bonchev–Trinajstić information content (AvgIpc) is 2.39. The number of nitrogens with two attached hydrogens (primary N) is 1. The van der Waals surface area contributed by atoms with Crippen LogP contribution in [0, 0.1) is 0 Å². The molecule has 3 N–H and O–H groups in total. The topological polar surface area (TPSA) is 59.1 Å². The van der Waals surface area contributed by atoms with Crippen LogP contribution in [0.1, 0.15) is 36.5 Å². The first kappa shape index (κ1) is 12.2. The molecule has 19 heavy (non-hydrogen) atoms. The number of aliphatic hydroxyl groups is 1. The molecule has 3 heteroatoms. The minimum absolute atomic E-state index is 0.196. The zero-order chi connectivity index (χ0) is 13.3. The van der Waals surface area contributed by atoms with Gasteiger partial charge in [-0.05, 0) is 24.5 Å². The zero-order valence-electron chi connectivity index (χ0n) is 10.8. The Hall–Kier alpha value is -1.87. The normalized spacial score (nSPS) is 18.6. The van der Waals surface area contributed by atoms with Gasteiger partial charge in [-0.25, -0.2) is 4.98 Å². The van der Waals surface area contributed by atoms with Crippen LogP contribution >= 0.6 is 0 Å². The number of hydrogen-bond donors (Lipinski definition) is 2. The molecule has 3 nitrogen and oxygen atoms in total. The van der Waals surface area contributed by atoms with E-state index in [4.69, 9.17) is 5.73 Å². The molecule has 1 aliphatic carbocycles. The monoisotopic (exact) mass is 254 g/mol. The molecule has 1 heterocycles. The lowest BCUT2D eigenvalue weighted by molar-refractivity contribution is 0.0271. The second-order valence-corrected chi connectivity index (χ2v) is 5.26. The molecule has 3 rings (SSSR count). The Balaban J connectivity index is 2.02. The summed E-state index contributed by atoms with van der Waals surface area (Å²) in [6.07, 6.45) is 4.20. The average molecular weight is 254 g/mol. The lowest BCUT2D eigenvalue weighted by Gasteiger charge is -2.46. The van der Waals surface area contributed by atoms with Crippen LogP contribution in [-0.4, -0.2) is 10.1 Å². The molecule has 2 aromatic rings. The Morgan fingerprint density at radius 3 is 2.42 bits per heavy atom. The van der Waals surface area contributed by atoms with Crippen LogP contribution < -0.4 is 5.73 Å². The van der Waals surface area contributed by atoms with Crippen LogP contribution in [0.15, 0.2) is 48.7 Å². The standard InChI is InChI=1S/C16H18N2O/c17-15-13(8-4-11-18-15)14(19)16(9-5-10-16)12-6-2-1-3-7-12/h1-4,6-8,11,14,19H,5,9-10H2,(H2,17,18). The second-order valence-electron chi connectivity index (χ2n) is 5.26. The minimum atomic E-state index is -0.586. The van der Waals surface area contributed by atoms with Gasteiger partial charge in [0, 0.05) is 17.2 Å². The van der Waals surface area contributed by atoms with Crippen molar-refractivity contribution in [1.82, 2.24) is 4.98 Å². The Bertz CT molecular complexity index is 564.